The summed E-state index contributed by atoms with van der Waals surface area (Å²) in [6.07, 6.45) is 2.42. The van der Waals surface area contributed by atoms with E-state index in [4.69, 9.17) is 4.74 Å². The number of benzene rings is 1. The molecular weight excluding hydrogens is 233 g/mol. The third kappa shape index (κ3) is 2.82. The van der Waals surface area contributed by atoms with Crippen LogP contribution in [0.15, 0.2) is 24.3 Å². The van der Waals surface area contributed by atoms with Crippen molar-refractivity contribution in [2.45, 2.75) is 37.8 Å². The van der Waals surface area contributed by atoms with E-state index in [1.165, 1.54) is 6.07 Å². The number of hydrogen-bond donors (Lipinski definition) is 2. The molecule has 1 aliphatic heterocycles. The highest BCUT2D eigenvalue weighted by Crippen LogP contribution is 2.30. The van der Waals surface area contributed by atoms with Gasteiger partial charge in [-0.05, 0) is 31.4 Å². The Morgan fingerprint density at radius 1 is 1.50 bits per heavy atom. The van der Waals surface area contributed by atoms with E-state index in [2.05, 4.69) is 12.2 Å². The molecule has 4 heteroatoms. The molecule has 1 aromatic rings. The summed E-state index contributed by atoms with van der Waals surface area (Å²) in [5.74, 6) is -0.287. The number of anilines is 1. The number of ether oxygens (including phenoxy) is 1. The lowest BCUT2D eigenvalue weighted by molar-refractivity contribution is -0.0274. The van der Waals surface area contributed by atoms with Crippen molar-refractivity contribution in [3.8, 4) is 0 Å². The van der Waals surface area contributed by atoms with Crippen molar-refractivity contribution in [3.05, 3.63) is 30.1 Å². The highest BCUT2D eigenvalue weighted by molar-refractivity contribution is 5.47. The molecule has 0 aromatic heterocycles. The second kappa shape index (κ2) is 5.67. The van der Waals surface area contributed by atoms with Crippen molar-refractivity contribution in [2.75, 3.05) is 18.5 Å². The number of nitrogens with one attached hydrogen (secondary N) is 1. The van der Waals surface area contributed by atoms with Crippen LogP contribution in [0.4, 0.5) is 10.1 Å². The summed E-state index contributed by atoms with van der Waals surface area (Å²) in [5.41, 5.74) is -0.0236. The zero-order chi connectivity index (χ0) is 13.0. The minimum absolute atomic E-state index is 0.0127. The van der Waals surface area contributed by atoms with Crippen LogP contribution in [0.25, 0.3) is 0 Å². The lowest BCUT2D eigenvalue weighted by Gasteiger charge is -2.41. The second-order valence-electron chi connectivity index (χ2n) is 4.90. The van der Waals surface area contributed by atoms with Crippen LogP contribution in [0.3, 0.4) is 0 Å². The maximum absolute atomic E-state index is 13.7. The average molecular weight is 253 g/mol. The van der Waals surface area contributed by atoms with Crippen molar-refractivity contribution in [1.82, 2.24) is 0 Å². The van der Waals surface area contributed by atoms with Gasteiger partial charge in [-0.3, -0.25) is 0 Å². The Morgan fingerprint density at radius 3 is 2.94 bits per heavy atom. The number of aliphatic hydroxyl groups is 1. The van der Waals surface area contributed by atoms with Gasteiger partial charge in [0.15, 0.2) is 0 Å². The van der Waals surface area contributed by atoms with E-state index in [9.17, 15) is 9.50 Å². The van der Waals surface area contributed by atoms with Gasteiger partial charge in [-0.2, -0.15) is 0 Å². The first-order valence-electron chi connectivity index (χ1n) is 6.44. The van der Waals surface area contributed by atoms with Crippen LogP contribution in [-0.2, 0) is 4.74 Å². The highest BCUT2D eigenvalue weighted by Gasteiger charge is 2.36. The fraction of sp³-hybridized carbons (Fsp3) is 0.571. The van der Waals surface area contributed by atoms with Gasteiger partial charge in [0.25, 0.3) is 0 Å². The van der Waals surface area contributed by atoms with Gasteiger partial charge in [-0.15, -0.1) is 0 Å². The van der Waals surface area contributed by atoms with Crippen LogP contribution in [0, 0.1) is 5.82 Å². The quantitative estimate of drug-likeness (QED) is 0.866. The van der Waals surface area contributed by atoms with E-state index in [1.54, 1.807) is 18.2 Å². The summed E-state index contributed by atoms with van der Waals surface area (Å²) in [6.45, 7) is 2.64. The predicted molar refractivity (Wildman–Crippen MR) is 69.1 cm³/mol. The molecule has 1 fully saturated rings. The third-order valence-electron chi connectivity index (χ3n) is 3.58. The zero-order valence-electron chi connectivity index (χ0n) is 10.7. The Balaban J connectivity index is 2.15. The van der Waals surface area contributed by atoms with Gasteiger partial charge in [-0.1, -0.05) is 19.1 Å². The molecule has 2 unspecified atom stereocenters. The van der Waals surface area contributed by atoms with Gasteiger partial charge in [-0.25, -0.2) is 4.39 Å². The highest BCUT2D eigenvalue weighted by atomic mass is 19.1. The van der Waals surface area contributed by atoms with E-state index < -0.39 is 5.54 Å². The molecule has 2 N–H and O–H groups in total. The topological polar surface area (TPSA) is 41.5 Å². The van der Waals surface area contributed by atoms with Gasteiger partial charge >= 0.3 is 0 Å². The molecule has 100 valence electrons. The van der Waals surface area contributed by atoms with Gasteiger partial charge in [0.1, 0.15) is 5.82 Å². The molecule has 18 heavy (non-hydrogen) atoms. The molecule has 1 aromatic carbocycles. The van der Waals surface area contributed by atoms with E-state index in [-0.39, 0.29) is 18.5 Å². The number of rotatable bonds is 4. The molecular formula is C14H20FNO2. The molecule has 3 nitrogen and oxygen atoms in total. The van der Waals surface area contributed by atoms with E-state index in [0.29, 0.717) is 25.1 Å². The molecule has 0 amide bonds. The summed E-state index contributed by atoms with van der Waals surface area (Å²) < 4.78 is 19.3. The molecule has 0 radical (unpaired) electrons. The summed E-state index contributed by atoms with van der Waals surface area (Å²) in [7, 11) is 0. The first-order chi connectivity index (χ1) is 8.69. The minimum atomic E-state index is -0.471. The Bertz CT molecular complexity index is 399. The fourth-order valence-electron chi connectivity index (χ4n) is 2.42. The largest absolute Gasteiger partial charge is 0.394 e. The smallest absolute Gasteiger partial charge is 0.146 e. The van der Waals surface area contributed by atoms with E-state index >= 15 is 0 Å². The summed E-state index contributed by atoms with van der Waals surface area (Å²) in [5, 5.41) is 12.8. The van der Waals surface area contributed by atoms with Crippen molar-refractivity contribution in [3.63, 3.8) is 0 Å². The Labute approximate surface area is 107 Å². The standard InChI is InChI=1S/C14H20FNO2/c1-2-11-9-14(10-17,7-8-18-11)16-13-6-4-3-5-12(13)15/h3-6,11,16-17H,2,7-10H2,1H3. The number of halogens is 1. The summed E-state index contributed by atoms with van der Waals surface area (Å²) in [6, 6.07) is 6.56. The van der Waals surface area contributed by atoms with Crippen LogP contribution in [0.2, 0.25) is 0 Å². The zero-order valence-corrected chi connectivity index (χ0v) is 10.7. The van der Waals surface area contributed by atoms with Crippen LogP contribution >= 0.6 is 0 Å². The number of aliphatic hydroxyl groups excluding tert-OH is 1. The number of para-hydroxylation sites is 1. The van der Waals surface area contributed by atoms with Crippen molar-refractivity contribution >= 4 is 5.69 Å². The molecule has 1 saturated heterocycles. The van der Waals surface area contributed by atoms with Gasteiger partial charge in [0, 0.05) is 6.61 Å². The van der Waals surface area contributed by atoms with Gasteiger partial charge < -0.3 is 15.2 Å². The van der Waals surface area contributed by atoms with Crippen LogP contribution in [0.5, 0.6) is 0 Å². The lowest BCUT2D eigenvalue weighted by Crippen LogP contribution is -2.49. The monoisotopic (exact) mass is 253 g/mol. The summed E-state index contributed by atoms with van der Waals surface area (Å²) >= 11 is 0. The second-order valence-corrected chi connectivity index (χ2v) is 4.90. The average Bonchev–Trinajstić information content (AvgIpc) is 2.42. The Hall–Kier alpha value is -1.13. The predicted octanol–water partition coefficient (Wildman–Crippen LogP) is 2.56. The number of hydrogen-bond acceptors (Lipinski definition) is 3. The first kappa shape index (κ1) is 13.3. The molecule has 0 aliphatic carbocycles. The first-order valence-corrected chi connectivity index (χ1v) is 6.44. The maximum Gasteiger partial charge on any atom is 0.146 e. The molecule has 1 heterocycles. The van der Waals surface area contributed by atoms with Crippen molar-refractivity contribution in [1.29, 1.82) is 0 Å². The molecule has 0 saturated carbocycles. The van der Waals surface area contributed by atoms with Crippen LogP contribution < -0.4 is 5.32 Å². The van der Waals surface area contributed by atoms with Gasteiger partial charge in [0.2, 0.25) is 0 Å². The Kier molecular flexibility index (Phi) is 4.19. The third-order valence-corrected chi connectivity index (χ3v) is 3.58. The molecule has 2 atom stereocenters. The molecule has 2 rings (SSSR count). The fourth-order valence-corrected chi connectivity index (χ4v) is 2.42. The minimum Gasteiger partial charge on any atom is -0.394 e. The summed E-state index contributed by atoms with van der Waals surface area (Å²) in [4.78, 5) is 0. The van der Waals surface area contributed by atoms with Crippen molar-refractivity contribution < 1.29 is 14.2 Å². The van der Waals surface area contributed by atoms with Crippen LogP contribution in [0.1, 0.15) is 26.2 Å². The van der Waals surface area contributed by atoms with E-state index in [0.717, 1.165) is 6.42 Å². The van der Waals surface area contributed by atoms with Crippen molar-refractivity contribution in [2.24, 2.45) is 0 Å². The lowest BCUT2D eigenvalue weighted by atomic mass is 9.86. The van der Waals surface area contributed by atoms with Crippen LogP contribution in [-0.4, -0.2) is 30.0 Å². The SMILES string of the molecule is CCC1CC(CO)(Nc2ccccc2F)CCO1. The molecule has 0 bridgehead atoms. The molecule has 1 aliphatic rings. The van der Waals surface area contributed by atoms with Gasteiger partial charge in [0.05, 0.1) is 23.9 Å². The Morgan fingerprint density at radius 2 is 2.28 bits per heavy atom. The van der Waals surface area contributed by atoms with E-state index in [1.807, 2.05) is 0 Å². The molecule has 0 spiro atoms. The normalized spacial score (nSPS) is 28.1. The maximum atomic E-state index is 13.7.